The molecule has 1 atom stereocenters. The van der Waals surface area contributed by atoms with Gasteiger partial charge in [0.2, 0.25) is 0 Å². The van der Waals surface area contributed by atoms with Gasteiger partial charge >= 0.3 is 0 Å². The van der Waals surface area contributed by atoms with E-state index in [-0.39, 0.29) is 13.2 Å². The highest BCUT2D eigenvalue weighted by Gasteiger charge is 2.11. The quantitative estimate of drug-likeness (QED) is 0.217. The van der Waals surface area contributed by atoms with Crippen molar-refractivity contribution >= 4 is 28.1 Å². The Balaban J connectivity index is 1.10. The van der Waals surface area contributed by atoms with Gasteiger partial charge in [0.05, 0.1) is 18.7 Å². The topological polar surface area (TPSA) is 116 Å². The third kappa shape index (κ3) is 6.40. The van der Waals surface area contributed by atoms with Gasteiger partial charge in [0.15, 0.2) is 5.65 Å². The molecule has 0 bridgehead atoms. The fraction of sp³-hybridized carbons (Fsp3) is 0.161. The van der Waals surface area contributed by atoms with Crippen LogP contribution in [0, 0.1) is 6.92 Å². The predicted octanol–water partition coefficient (Wildman–Crippen LogP) is 5.47. The van der Waals surface area contributed by atoms with Crippen LogP contribution < -0.4 is 14.8 Å². The molecule has 0 aliphatic rings. The lowest BCUT2D eigenvalue weighted by atomic mass is 10.2. The van der Waals surface area contributed by atoms with Gasteiger partial charge in [0, 0.05) is 23.3 Å². The van der Waals surface area contributed by atoms with E-state index in [1.165, 1.54) is 12.7 Å². The molecule has 3 aromatic heterocycles. The number of ether oxygens (including phenoxy) is 3. The largest absolute Gasteiger partial charge is 0.491 e. The van der Waals surface area contributed by atoms with Crippen LogP contribution in [0.15, 0.2) is 97.7 Å². The molecule has 0 amide bonds. The number of aryl methyl sites for hydroxylation is 1. The highest BCUT2D eigenvalue weighted by atomic mass is 16.5. The standard InChI is InChI=1S/C31H28N6O4/c1-21-13-23(7-10-29(21)41-26-11-12-37-30(15-26)33-20-35-37)36-31-27-14-25(8-9-28(27)32-19-34-31)40-18-24(38)17-39-16-22-5-3-2-4-6-22/h2-15,19-20,24,38H,16-18H2,1H3,(H,32,34,36)/t24-/m1/s1. The molecule has 6 aromatic rings. The second-order valence-corrected chi connectivity index (χ2v) is 9.50. The second kappa shape index (κ2) is 12.0. The number of fused-ring (bicyclic) bond motifs is 2. The number of nitrogens with zero attached hydrogens (tertiary/aromatic N) is 5. The van der Waals surface area contributed by atoms with Gasteiger partial charge in [-0.05, 0) is 60.5 Å². The van der Waals surface area contributed by atoms with Crippen LogP contribution in [-0.4, -0.2) is 49.0 Å². The first-order valence-corrected chi connectivity index (χ1v) is 13.1. The van der Waals surface area contributed by atoms with Crippen LogP contribution >= 0.6 is 0 Å². The Kier molecular flexibility index (Phi) is 7.65. The van der Waals surface area contributed by atoms with E-state index >= 15 is 0 Å². The Bertz CT molecular complexity index is 1780. The smallest absolute Gasteiger partial charge is 0.158 e. The molecule has 0 unspecified atom stereocenters. The fourth-order valence-electron chi connectivity index (χ4n) is 4.32. The summed E-state index contributed by atoms with van der Waals surface area (Å²) in [6.07, 6.45) is 4.07. The van der Waals surface area contributed by atoms with E-state index in [0.29, 0.717) is 29.6 Å². The molecule has 10 nitrogen and oxygen atoms in total. The van der Waals surface area contributed by atoms with Gasteiger partial charge in [0.1, 0.15) is 48.4 Å². The molecule has 0 aliphatic heterocycles. The van der Waals surface area contributed by atoms with Crippen molar-refractivity contribution in [1.82, 2.24) is 24.6 Å². The lowest BCUT2D eigenvalue weighted by molar-refractivity contribution is 0.00551. The lowest BCUT2D eigenvalue weighted by Gasteiger charge is -2.14. The molecule has 10 heteroatoms. The Morgan fingerprint density at radius 2 is 1.78 bits per heavy atom. The summed E-state index contributed by atoms with van der Waals surface area (Å²) in [4.78, 5) is 13.0. The Morgan fingerprint density at radius 1 is 0.878 bits per heavy atom. The van der Waals surface area contributed by atoms with Crippen molar-refractivity contribution in [3.8, 4) is 17.2 Å². The lowest BCUT2D eigenvalue weighted by Crippen LogP contribution is -2.23. The number of nitrogens with one attached hydrogen (secondary N) is 1. The summed E-state index contributed by atoms with van der Waals surface area (Å²) in [6, 6.07) is 24.9. The van der Waals surface area contributed by atoms with Crippen LogP contribution in [-0.2, 0) is 11.3 Å². The molecule has 3 heterocycles. The summed E-state index contributed by atoms with van der Waals surface area (Å²) in [5, 5.41) is 18.6. The van der Waals surface area contributed by atoms with Crippen molar-refractivity contribution in [1.29, 1.82) is 0 Å². The van der Waals surface area contributed by atoms with E-state index < -0.39 is 6.10 Å². The number of hydrogen-bond donors (Lipinski definition) is 2. The molecule has 0 radical (unpaired) electrons. The van der Waals surface area contributed by atoms with Gasteiger partial charge < -0.3 is 24.6 Å². The highest BCUT2D eigenvalue weighted by Crippen LogP contribution is 2.31. The number of hydrogen-bond acceptors (Lipinski definition) is 9. The van der Waals surface area contributed by atoms with E-state index in [1.54, 1.807) is 4.52 Å². The number of aliphatic hydroxyl groups excluding tert-OH is 1. The molecule has 41 heavy (non-hydrogen) atoms. The third-order valence-corrected chi connectivity index (χ3v) is 6.39. The summed E-state index contributed by atoms with van der Waals surface area (Å²) >= 11 is 0. The van der Waals surface area contributed by atoms with E-state index in [1.807, 2.05) is 92.0 Å². The average molecular weight is 549 g/mol. The first-order chi connectivity index (χ1) is 20.1. The van der Waals surface area contributed by atoms with Crippen molar-refractivity contribution in [2.45, 2.75) is 19.6 Å². The van der Waals surface area contributed by atoms with Crippen LogP contribution in [0.4, 0.5) is 11.5 Å². The van der Waals surface area contributed by atoms with E-state index in [0.717, 1.165) is 33.5 Å². The second-order valence-electron chi connectivity index (χ2n) is 9.50. The number of anilines is 2. The van der Waals surface area contributed by atoms with Crippen molar-refractivity contribution in [2.75, 3.05) is 18.5 Å². The molecule has 0 aliphatic carbocycles. The maximum atomic E-state index is 10.3. The number of rotatable bonds is 11. The Hall–Kier alpha value is -5.06. The van der Waals surface area contributed by atoms with Crippen LogP contribution in [0.5, 0.6) is 17.2 Å². The summed E-state index contributed by atoms with van der Waals surface area (Å²) in [6.45, 7) is 2.69. The number of aliphatic hydroxyl groups is 1. The average Bonchev–Trinajstić information content (AvgIpc) is 3.46. The maximum Gasteiger partial charge on any atom is 0.158 e. The summed E-state index contributed by atoms with van der Waals surface area (Å²) in [7, 11) is 0. The molecule has 2 N–H and O–H groups in total. The minimum Gasteiger partial charge on any atom is -0.491 e. The Morgan fingerprint density at radius 3 is 2.66 bits per heavy atom. The van der Waals surface area contributed by atoms with Gasteiger partial charge in [-0.15, -0.1) is 0 Å². The van der Waals surface area contributed by atoms with E-state index in [2.05, 4.69) is 25.4 Å². The SMILES string of the molecule is Cc1cc(Nc2ncnc3ccc(OC[C@H](O)COCc4ccccc4)cc23)ccc1Oc1ccn2ncnc2c1. The van der Waals surface area contributed by atoms with Crippen LogP contribution in [0.1, 0.15) is 11.1 Å². The molecule has 3 aromatic carbocycles. The number of pyridine rings is 1. The monoisotopic (exact) mass is 548 g/mol. The Labute approximate surface area is 236 Å². The predicted molar refractivity (Wildman–Crippen MR) is 155 cm³/mol. The zero-order valence-corrected chi connectivity index (χ0v) is 22.3. The molecule has 206 valence electrons. The molecule has 0 saturated carbocycles. The van der Waals surface area contributed by atoms with E-state index in [9.17, 15) is 5.11 Å². The fourth-order valence-corrected chi connectivity index (χ4v) is 4.32. The zero-order chi connectivity index (χ0) is 28.0. The van der Waals surface area contributed by atoms with Crippen molar-refractivity contribution in [2.24, 2.45) is 0 Å². The molecular weight excluding hydrogens is 520 g/mol. The van der Waals surface area contributed by atoms with Crippen molar-refractivity contribution in [3.63, 3.8) is 0 Å². The highest BCUT2D eigenvalue weighted by molar-refractivity contribution is 5.91. The van der Waals surface area contributed by atoms with Gasteiger partial charge in [-0.25, -0.2) is 19.5 Å². The minimum atomic E-state index is -0.763. The minimum absolute atomic E-state index is 0.0986. The zero-order valence-electron chi connectivity index (χ0n) is 22.3. The third-order valence-electron chi connectivity index (χ3n) is 6.39. The van der Waals surface area contributed by atoms with Gasteiger partial charge in [-0.3, -0.25) is 0 Å². The number of benzene rings is 3. The van der Waals surface area contributed by atoms with Crippen LogP contribution in [0.2, 0.25) is 0 Å². The first-order valence-electron chi connectivity index (χ1n) is 13.1. The van der Waals surface area contributed by atoms with Gasteiger partial charge in [-0.1, -0.05) is 30.3 Å². The molecule has 0 fully saturated rings. The first kappa shape index (κ1) is 26.2. The maximum absolute atomic E-state index is 10.3. The van der Waals surface area contributed by atoms with Crippen LogP contribution in [0.3, 0.4) is 0 Å². The van der Waals surface area contributed by atoms with Gasteiger partial charge in [-0.2, -0.15) is 5.10 Å². The summed E-state index contributed by atoms with van der Waals surface area (Å²) < 4.78 is 19.2. The summed E-state index contributed by atoms with van der Waals surface area (Å²) in [5.74, 6) is 2.64. The molecular formula is C31H28N6O4. The molecule has 0 saturated heterocycles. The van der Waals surface area contributed by atoms with Crippen molar-refractivity contribution < 1.29 is 19.3 Å². The summed E-state index contributed by atoms with van der Waals surface area (Å²) in [5.41, 5.74) is 4.32. The van der Waals surface area contributed by atoms with Crippen LogP contribution in [0.25, 0.3) is 16.6 Å². The molecule has 0 spiro atoms. The van der Waals surface area contributed by atoms with Gasteiger partial charge in [0.25, 0.3) is 0 Å². The normalized spacial score (nSPS) is 12.0. The van der Waals surface area contributed by atoms with Crippen molar-refractivity contribution in [3.05, 3.63) is 109 Å². The number of aromatic nitrogens is 5. The van der Waals surface area contributed by atoms with E-state index in [4.69, 9.17) is 14.2 Å². The molecule has 6 rings (SSSR count).